The van der Waals surface area contributed by atoms with Gasteiger partial charge >= 0.3 is 0 Å². The average Bonchev–Trinajstić information content (AvgIpc) is 2.66. The van der Waals surface area contributed by atoms with Crippen molar-refractivity contribution < 1.29 is 28.5 Å². The molecule has 0 spiro atoms. The van der Waals surface area contributed by atoms with Crippen molar-refractivity contribution in [3.63, 3.8) is 0 Å². The lowest BCUT2D eigenvalue weighted by Gasteiger charge is -2.09. The van der Waals surface area contributed by atoms with Crippen LogP contribution < -0.4 is 10.6 Å². The lowest BCUT2D eigenvalue weighted by molar-refractivity contribution is -0.124. The summed E-state index contributed by atoms with van der Waals surface area (Å²) in [7, 11) is 0. The van der Waals surface area contributed by atoms with Crippen LogP contribution in [0.25, 0.3) is 0 Å². The minimum Gasteiger partial charge on any atom is -0.379 e. The summed E-state index contributed by atoms with van der Waals surface area (Å²) in [5.74, 6) is -0.0335. The van der Waals surface area contributed by atoms with Crippen LogP contribution in [0.4, 0.5) is 0 Å². The third-order valence-corrected chi connectivity index (χ3v) is 3.54. The van der Waals surface area contributed by atoms with E-state index >= 15 is 0 Å². The lowest BCUT2D eigenvalue weighted by atomic mass is 10.2. The van der Waals surface area contributed by atoms with E-state index in [9.17, 15) is 9.59 Å². The molecule has 0 aromatic rings. The first kappa shape index (κ1) is 26.5. The molecule has 0 radical (unpaired) electrons. The van der Waals surface area contributed by atoms with E-state index in [1.165, 1.54) is 0 Å². The van der Waals surface area contributed by atoms with Crippen LogP contribution >= 0.6 is 0 Å². The topological polar surface area (TPSA) is 95.1 Å². The van der Waals surface area contributed by atoms with E-state index in [0.29, 0.717) is 71.5 Å². The Bertz CT molecular complexity index is 429. The van der Waals surface area contributed by atoms with E-state index in [4.69, 9.17) is 18.9 Å². The second kappa shape index (κ2) is 18.9. The van der Waals surface area contributed by atoms with Crippen LogP contribution in [0.3, 0.4) is 0 Å². The Morgan fingerprint density at radius 2 is 1.14 bits per heavy atom. The van der Waals surface area contributed by atoms with Gasteiger partial charge in [-0.1, -0.05) is 20.4 Å². The summed E-state index contributed by atoms with van der Waals surface area (Å²) in [4.78, 5) is 22.6. The summed E-state index contributed by atoms with van der Waals surface area (Å²) < 4.78 is 21.6. The highest BCUT2D eigenvalue weighted by Crippen LogP contribution is 1.91. The molecule has 8 nitrogen and oxygen atoms in total. The minimum atomic E-state index is -0.121. The zero-order valence-corrected chi connectivity index (χ0v) is 17.7. The number of rotatable bonds is 19. The first-order chi connectivity index (χ1) is 13.4. The smallest absolute Gasteiger partial charge is 0.246 e. The Labute approximate surface area is 169 Å². The van der Waals surface area contributed by atoms with Gasteiger partial charge in [-0.05, 0) is 19.8 Å². The molecule has 0 aliphatic rings. The van der Waals surface area contributed by atoms with Gasteiger partial charge in [0.25, 0.3) is 0 Å². The molecular formula is C20H38N2O6. The van der Waals surface area contributed by atoms with Crippen molar-refractivity contribution in [2.24, 2.45) is 5.92 Å². The molecule has 0 rings (SSSR count). The van der Waals surface area contributed by atoms with Gasteiger partial charge in [0.2, 0.25) is 11.8 Å². The molecule has 0 heterocycles. The Kier molecular flexibility index (Phi) is 17.9. The molecule has 8 heteroatoms. The molecule has 0 aliphatic heterocycles. The normalized spacial score (nSPS) is 10.9. The van der Waals surface area contributed by atoms with E-state index in [0.717, 1.165) is 12.8 Å². The third-order valence-electron chi connectivity index (χ3n) is 3.54. The number of hydrogen-bond acceptors (Lipinski definition) is 6. The number of carbonyl (C=O) groups excluding carboxylic acids is 2. The van der Waals surface area contributed by atoms with Gasteiger partial charge in [0.05, 0.1) is 39.6 Å². The fraction of sp³-hybridized carbons (Fsp3) is 0.800. The Hall–Kier alpha value is -1.48. The van der Waals surface area contributed by atoms with Gasteiger partial charge in [-0.25, -0.2) is 0 Å². The number of carbonyl (C=O) groups is 2. The molecule has 0 bridgehead atoms. The van der Waals surface area contributed by atoms with Gasteiger partial charge in [-0.15, -0.1) is 0 Å². The summed E-state index contributed by atoms with van der Waals surface area (Å²) in [6, 6.07) is 0. The van der Waals surface area contributed by atoms with Crippen LogP contribution in [-0.4, -0.2) is 77.8 Å². The third kappa shape index (κ3) is 17.9. The molecule has 0 saturated heterocycles. The van der Waals surface area contributed by atoms with E-state index < -0.39 is 0 Å². The number of ether oxygens (including phenoxy) is 4. The molecule has 2 N–H and O–H groups in total. The van der Waals surface area contributed by atoms with Crippen molar-refractivity contribution in [2.45, 2.75) is 33.6 Å². The van der Waals surface area contributed by atoms with Crippen molar-refractivity contribution in [3.8, 4) is 0 Å². The molecular weight excluding hydrogens is 364 g/mol. The van der Waals surface area contributed by atoms with Gasteiger partial charge in [0.15, 0.2) is 0 Å². The van der Waals surface area contributed by atoms with Crippen LogP contribution in [0.15, 0.2) is 12.2 Å². The zero-order chi connectivity index (χ0) is 21.0. The largest absolute Gasteiger partial charge is 0.379 e. The van der Waals surface area contributed by atoms with Gasteiger partial charge in [0.1, 0.15) is 0 Å². The molecule has 0 aliphatic carbocycles. The molecule has 0 unspecified atom stereocenters. The van der Waals surface area contributed by atoms with E-state index in [-0.39, 0.29) is 17.7 Å². The minimum absolute atomic E-state index is 0.0177. The second-order valence-corrected chi connectivity index (χ2v) is 6.64. The van der Waals surface area contributed by atoms with Crippen molar-refractivity contribution in [3.05, 3.63) is 12.2 Å². The van der Waals surface area contributed by atoms with Crippen LogP contribution in [0.5, 0.6) is 0 Å². The maximum absolute atomic E-state index is 11.3. The Morgan fingerprint density at radius 3 is 1.54 bits per heavy atom. The number of amides is 2. The fourth-order valence-electron chi connectivity index (χ4n) is 1.88. The van der Waals surface area contributed by atoms with Gasteiger partial charge < -0.3 is 29.6 Å². The molecule has 164 valence electrons. The average molecular weight is 403 g/mol. The first-order valence-corrected chi connectivity index (χ1v) is 9.97. The predicted octanol–water partition coefficient (Wildman–Crippen LogP) is 1.30. The molecule has 0 aromatic carbocycles. The van der Waals surface area contributed by atoms with E-state index in [1.54, 1.807) is 6.92 Å². The Balaban J connectivity index is 3.13. The molecule has 28 heavy (non-hydrogen) atoms. The molecule has 2 amide bonds. The number of hydrogen-bond donors (Lipinski definition) is 2. The van der Waals surface area contributed by atoms with Gasteiger partial charge in [-0.3, -0.25) is 9.59 Å². The predicted molar refractivity (Wildman–Crippen MR) is 108 cm³/mol. The van der Waals surface area contributed by atoms with Crippen LogP contribution in [0, 0.1) is 5.92 Å². The van der Waals surface area contributed by atoms with Crippen LogP contribution in [-0.2, 0) is 28.5 Å². The van der Waals surface area contributed by atoms with Crippen molar-refractivity contribution in [1.82, 2.24) is 10.6 Å². The highest BCUT2D eigenvalue weighted by molar-refractivity contribution is 5.91. The fourth-order valence-corrected chi connectivity index (χ4v) is 1.88. The van der Waals surface area contributed by atoms with Gasteiger partial charge in [0, 0.05) is 37.8 Å². The van der Waals surface area contributed by atoms with Crippen LogP contribution in [0.2, 0.25) is 0 Å². The quantitative estimate of drug-likeness (QED) is 0.250. The monoisotopic (exact) mass is 402 g/mol. The molecule has 0 saturated carbocycles. The summed E-state index contributed by atoms with van der Waals surface area (Å²) in [5, 5.41) is 5.59. The maximum Gasteiger partial charge on any atom is 0.246 e. The zero-order valence-electron chi connectivity index (χ0n) is 17.7. The van der Waals surface area contributed by atoms with Gasteiger partial charge in [-0.2, -0.15) is 0 Å². The number of nitrogens with one attached hydrogen (secondary N) is 2. The SMILES string of the molecule is C=C(C)C(=O)NCCCOCCOCCOCCOCCCNC(=O)C(C)C. The highest BCUT2D eigenvalue weighted by atomic mass is 16.6. The molecule has 0 fully saturated rings. The standard InChI is InChI=1S/C20H38N2O6/c1-17(2)19(23)21-7-5-9-25-11-13-27-15-16-28-14-12-26-10-6-8-22-20(24)18(3)4/h18H,1,5-16H2,2-4H3,(H,21,23)(H,22,24). The van der Waals surface area contributed by atoms with Crippen LogP contribution in [0.1, 0.15) is 33.6 Å². The summed E-state index contributed by atoms with van der Waals surface area (Å²) in [6.45, 7) is 14.5. The second-order valence-electron chi connectivity index (χ2n) is 6.64. The Morgan fingerprint density at radius 1 is 0.750 bits per heavy atom. The molecule has 0 aromatic heterocycles. The molecule has 0 atom stereocenters. The van der Waals surface area contributed by atoms with E-state index in [2.05, 4.69) is 17.2 Å². The first-order valence-electron chi connectivity index (χ1n) is 9.97. The van der Waals surface area contributed by atoms with Crippen molar-refractivity contribution in [2.75, 3.05) is 65.9 Å². The maximum atomic E-state index is 11.3. The van der Waals surface area contributed by atoms with Crippen molar-refractivity contribution in [1.29, 1.82) is 0 Å². The lowest BCUT2D eigenvalue weighted by Crippen LogP contribution is -2.29. The van der Waals surface area contributed by atoms with E-state index in [1.807, 2.05) is 13.8 Å². The summed E-state index contributed by atoms with van der Waals surface area (Å²) >= 11 is 0. The summed E-state index contributed by atoms with van der Waals surface area (Å²) in [6.07, 6.45) is 1.55. The van der Waals surface area contributed by atoms with Crippen molar-refractivity contribution >= 4 is 11.8 Å². The highest BCUT2D eigenvalue weighted by Gasteiger charge is 2.04. The summed E-state index contributed by atoms with van der Waals surface area (Å²) in [5.41, 5.74) is 0.509.